The maximum Gasteiger partial charge on any atom is 0.216 e. The highest BCUT2D eigenvalue weighted by Gasteiger charge is 2.16. The minimum absolute atomic E-state index is 0.106. The van der Waals surface area contributed by atoms with Gasteiger partial charge in [-0.2, -0.15) is 0 Å². The lowest BCUT2D eigenvalue weighted by atomic mass is 10.1. The van der Waals surface area contributed by atoms with Crippen LogP contribution in [0.4, 0.5) is 16.0 Å². The van der Waals surface area contributed by atoms with E-state index in [1.165, 1.54) is 12.3 Å². The molecule has 7 nitrogen and oxygen atoms in total. The van der Waals surface area contributed by atoms with Gasteiger partial charge in [0.05, 0.1) is 17.4 Å². The number of hydrogen-bond donors (Lipinski definition) is 2. The van der Waals surface area contributed by atoms with Crippen molar-refractivity contribution in [1.29, 1.82) is 5.53 Å². The number of halogens is 1. The smallest absolute Gasteiger partial charge is 0.216 e. The maximum absolute atomic E-state index is 14.7. The lowest BCUT2D eigenvalue weighted by molar-refractivity contribution is 0.587. The quantitative estimate of drug-likeness (QED) is 0.314. The fourth-order valence-corrected chi connectivity index (χ4v) is 4.04. The van der Waals surface area contributed by atoms with Gasteiger partial charge in [-0.1, -0.05) is 18.2 Å². The van der Waals surface area contributed by atoms with Crippen LogP contribution < -0.4 is 10.6 Å². The maximum atomic E-state index is 14.7. The van der Waals surface area contributed by atoms with Gasteiger partial charge in [0.1, 0.15) is 13.0 Å². The predicted octanol–water partition coefficient (Wildman–Crippen LogP) is 5.35. The van der Waals surface area contributed by atoms with Crippen LogP contribution in [0.2, 0.25) is 0 Å². The van der Waals surface area contributed by atoms with Crippen LogP contribution in [0.25, 0.3) is 22.2 Å². The van der Waals surface area contributed by atoms with Crippen LogP contribution in [-0.4, -0.2) is 28.3 Å². The van der Waals surface area contributed by atoms with Crippen molar-refractivity contribution in [2.45, 2.75) is 6.54 Å². The molecule has 0 aliphatic carbocycles. The third kappa shape index (κ3) is 4.49. The lowest BCUT2D eigenvalue weighted by Gasteiger charge is -2.12. The third-order valence-corrected chi connectivity index (χ3v) is 6.36. The van der Waals surface area contributed by atoms with E-state index in [9.17, 15) is 8.96 Å². The number of hydrogen-bond acceptors (Lipinski definition) is 7. The van der Waals surface area contributed by atoms with Crippen molar-refractivity contribution < 1.29 is 8.96 Å². The van der Waals surface area contributed by atoms with Crippen molar-refractivity contribution in [3.05, 3.63) is 72.3 Å². The first kappa shape index (κ1) is 20.8. The Morgan fingerprint density at radius 2 is 1.97 bits per heavy atom. The van der Waals surface area contributed by atoms with Crippen molar-refractivity contribution in [3.63, 3.8) is 0 Å². The minimum atomic E-state index is -2.57. The molecule has 2 heterocycles. The van der Waals surface area contributed by atoms with Gasteiger partial charge in [0.2, 0.25) is 5.82 Å². The largest absolute Gasteiger partial charge is 0.363 e. The summed E-state index contributed by atoms with van der Waals surface area (Å²) in [6, 6.07) is 14.2. The average molecular weight is 434 g/mol. The van der Waals surface area contributed by atoms with Crippen molar-refractivity contribution in [3.8, 4) is 11.3 Å². The second kappa shape index (κ2) is 8.32. The van der Waals surface area contributed by atoms with E-state index in [1.54, 1.807) is 31.7 Å². The molecule has 0 atom stereocenters. The molecule has 0 unspecified atom stereocenters. The van der Waals surface area contributed by atoms with E-state index in [1.807, 2.05) is 30.3 Å². The molecule has 0 radical (unpaired) electrons. The number of aromatic nitrogens is 3. The molecule has 0 fully saturated rings. The normalized spacial score (nSPS) is 11.5. The Bertz CT molecular complexity index is 1340. The van der Waals surface area contributed by atoms with Crippen LogP contribution >= 0.6 is 7.14 Å². The summed E-state index contributed by atoms with van der Waals surface area (Å²) in [6.07, 6.45) is 3.12. The first-order chi connectivity index (χ1) is 14.8. The summed E-state index contributed by atoms with van der Waals surface area (Å²) in [5.41, 5.74) is 9.78. The molecule has 4 aromatic rings. The van der Waals surface area contributed by atoms with E-state index in [4.69, 9.17) is 5.53 Å². The van der Waals surface area contributed by atoms with Gasteiger partial charge in [-0.05, 0) is 49.2 Å². The summed E-state index contributed by atoms with van der Waals surface area (Å²) in [6.45, 7) is 3.61. The molecule has 2 aromatic heterocycles. The van der Waals surface area contributed by atoms with E-state index >= 15 is 0 Å². The predicted molar refractivity (Wildman–Crippen MR) is 120 cm³/mol. The van der Waals surface area contributed by atoms with Crippen LogP contribution in [0.5, 0.6) is 0 Å². The monoisotopic (exact) mass is 434 g/mol. The average Bonchev–Trinajstić information content (AvgIpc) is 2.76. The van der Waals surface area contributed by atoms with Gasteiger partial charge < -0.3 is 9.88 Å². The molecule has 2 aromatic carbocycles. The summed E-state index contributed by atoms with van der Waals surface area (Å²) in [5.74, 6) is -0.145. The highest BCUT2D eigenvalue weighted by Crippen LogP contribution is 2.36. The fourth-order valence-electron chi connectivity index (χ4n) is 3.18. The summed E-state index contributed by atoms with van der Waals surface area (Å²) < 4.78 is 26.9. The number of benzene rings is 2. The van der Waals surface area contributed by atoms with Gasteiger partial charge in [0, 0.05) is 29.0 Å². The van der Waals surface area contributed by atoms with Gasteiger partial charge in [-0.25, -0.2) is 19.9 Å². The minimum Gasteiger partial charge on any atom is -0.363 e. The molecule has 0 bridgehead atoms. The Morgan fingerprint density at radius 1 is 1.13 bits per heavy atom. The third-order valence-electron chi connectivity index (χ3n) is 4.84. The Balaban J connectivity index is 1.63. The molecular weight excluding hydrogens is 414 g/mol. The van der Waals surface area contributed by atoms with Crippen molar-refractivity contribution in [1.82, 2.24) is 15.0 Å². The molecule has 4 rings (SSSR count). The number of fused-ring (bicyclic) bond motifs is 1. The highest BCUT2D eigenvalue weighted by atomic mass is 31.2. The molecule has 0 spiro atoms. The van der Waals surface area contributed by atoms with Gasteiger partial charge in [0.25, 0.3) is 0 Å². The second-order valence-corrected chi connectivity index (χ2v) is 10.7. The molecule has 0 saturated heterocycles. The highest BCUT2D eigenvalue weighted by molar-refractivity contribution is 7.70. The number of anilines is 1. The van der Waals surface area contributed by atoms with E-state index in [0.717, 1.165) is 16.5 Å². The summed E-state index contributed by atoms with van der Waals surface area (Å²) in [5, 5.41) is 8.02. The van der Waals surface area contributed by atoms with Crippen LogP contribution in [0, 0.1) is 11.3 Å². The number of nitrogens with zero attached hydrogens (tertiary/aromatic N) is 4. The van der Waals surface area contributed by atoms with E-state index in [0.29, 0.717) is 17.5 Å². The zero-order chi connectivity index (χ0) is 22.0. The zero-order valence-electron chi connectivity index (χ0n) is 17.0. The molecular formula is C22H20FN6OP. The second-order valence-electron chi connectivity index (χ2n) is 7.44. The van der Waals surface area contributed by atoms with Crippen molar-refractivity contribution in [2.24, 2.45) is 5.11 Å². The molecule has 0 aliphatic heterocycles. The molecule has 0 aliphatic rings. The summed E-state index contributed by atoms with van der Waals surface area (Å²) in [4.78, 5) is 12.9. The lowest BCUT2D eigenvalue weighted by Crippen LogP contribution is -2.06. The zero-order valence-corrected chi connectivity index (χ0v) is 17.9. The van der Waals surface area contributed by atoms with E-state index in [-0.39, 0.29) is 17.2 Å². The Morgan fingerprint density at radius 3 is 2.71 bits per heavy atom. The van der Waals surface area contributed by atoms with E-state index < -0.39 is 13.0 Å². The van der Waals surface area contributed by atoms with Crippen molar-refractivity contribution >= 4 is 35.0 Å². The van der Waals surface area contributed by atoms with Crippen LogP contribution in [0.1, 0.15) is 5.56 Å². The first-order valence-electron chi connectivity index (χ1n) is 9.52. The van der Waals surface area contributed by atoms with Crippen LogP contribution in [0.3, 0.4) is 0 Å². The van der Waals surface area contributed by atoms with Crippen LogP contribution in [-0.2, 0) is 11.1 Å². The number of nitrogens with one attached hydrogen (secondary N) is 2. The molecule has 0 saturated carbocycles. The van der Waals surface area contributed by atoms with Gasteiger partial charge in [0.15, 0.2) is 5.82 Å². The molecule has 0 amide bonds. The van der Waals surface area contributed by atoms with Gasteiger partial charge in [-0.15, -0.1) is 5.11 Å². The number of pyridine rings is 1. The topological polar surface area (TPSA) is 104 Å². The fraction of sp³-hybridized carbons (Fsp3) is 0.136. The molecule has 156 valence electrons. The van der Waals surface area contributed by atoms with Crippen molar-refractivity contribution in [2.75, 3.05) is 18.6 Å². The summed E-state index contributed by atoms with van der Waals surface area (Å²) >= 11 is 0. The molecule has 2 N–H and O–H groups in total. The summed E-state index contributed by atoms with van der Waals surface area (Å²) in [7, 11) is -2.57. The van der Waals surface area contributed by atoms with Gasteiger partial charge >= 0.3 is 0 Å². The van der Waals surface area contributed by atoms with E-state index in [2.05, 4.69) is 25.4 Å². The Labute approximate surface area is 178 Å². The number of rotatable bonds is 6. The Hall–Kier alpha value is -3.51. The first-order valence-corrected chi connectivity index (χ1v) is 12.1. The Kier molecular flexibility index (Phi) is 5.57. The molecule has 31 heavy (non-hydrogen) atoms. The standard InChI is InChI=1S/C22H20FN6OP/c1-31(2,30)16-6-7-17(18(23)11-16)20-13-27-22(29-24)21(28-20)26-12-14-5-8-19-15(10-14)4-3-9-25-19/h3-11,13,24H,12H2,1-2H3,(H,26,28). The van der Waals surface area contributed by atoms with Crippen LogP contribution in [0.15, 0.2) is 66.0 Å². The van der Waals surface area contributed by atoms with Gasteiger partial charge in [-0.3, -0.25) is 4.98 Å². The SMILES string of the molecule is CP(C)(=O)c1ccc(-c2cnc(N=N)c(NCc3ccc4ncccc4c3)n2)c(F)c1. The molecule has 9 heteroatoms.